The molecule has 1 aliphatic rings. The number of amides is 6. The van der Waals surface area contributed by atoms with Gasteiger partial charge >= 0.3 is 6.03 Å². The van der Waals surface area contributed by atoms with Gasteiger partial charge in [0, 0.05) is 20.6 Å². The first-order chi connectivity index (χ1) is 15.4. The van der Waals surface area contributed by atoms with Gasteiger partial charge in [-0.05, 0) is 38.0 Å². The van der Waals surface area contributed by atoms with E-state index in [1.54, 1.807) is 20.9 Å². The monoisotopic (exact) mass is 499 g/mol. The molecule has 0 radical (unpaired) electrons. The van der Waals surface area contributed by atoms with E-state index in [0.717, 1.165) is 4.90 Å². The second kappa shape index (κ2) is 11.4. The summed E-state index contributed by atoms with van der Waals surface area (Å²) in [6.07, 6.45) is 0.500. The van der Waals surface area contributed by atoms with Crippen molar-refractivity contribution < 1.29 is 24.0 Å². The SMILES string of the molecule is CNC(=O)C(NC(=O)[C@H](CC(C)C)NC(=O)[C@@H](S)CCN1C(=O)N(C)C(C)(C)C1=O)C(C)(C)C. The minimum Gasteiger partial charge on any atom is -0.357 e. The van der Waals surface area contributed by atoms with Crippen LogP contribution >= 0.6 is 12.6 Å². The summed E-state index contributed by atoms with van der Waals surface area (Å²) in [7, 11) is 3.06. The van der Waals surface area contributed by atoms with Crippen molar-refractivity contribution in [2.75, 3.05) is 20.6 Å². The normalized spacial score (nSPS) is 18.6. The summed E-state index contributed by atoms with van der Waals surface area (Å²) in [5.74, 6) is -1.50. The van der Waals surface area contributed by atoms with E-state index in [1.165, 1.54) is 11.9 Å². The fraction of sp³-hybridized carbons (Fsp3) is 0.783. The van der Waals surface area contributed by atoms with E-state index in [2.05, 4.69) is 28.6 Å². The largest absolute Gasteiger partial charge is 0.357 e. The summed E-state index contributed by atoms with van der Waals surface area (Å²) in [6, 6.07) is -2.07. The van der Waals surface area contributed by atoms with Crippen molar-refractivity contribution in [3.8, 4) is 0 Å². The highest BCUT2D eigenvalue weighted by molar-refractivity contribution is 7.81. The van der Waals surface area contributed by atoms with Crippen LogP contribution in [0.1, 0.15) is 61.3 Å². The highest BCUT2D eigenvalue weighted by Gasteiger charge is 2.49. The van der Waals surface area contributed by atoms with Gasteiger partial charge in [-0.3, -0.25) is 24.1 Å². The number of nitrogens with zero attached hydrogens (tertiary/aromatic N) is 2. The van der Waals surface area contributed by atoms with Crippen LogP contribution in [-0.2, 0) is 19.2 Å². The lowest BCUT2D eigenvalue weighted by Crippen LogP contribution is -2.58. The van der Waals surface area contributed by atoms with Crippen molar-refractivity contribution in [2.45, 2.75) is 84.2 Å². The number of imide groups is 1. The molecule has 0 aromatic carbocycles. The van der Waals surface area contributed by atoms with Crippen LogP contribution < -0.4 is 16.0 Å². The second-order valence-corrected chi connectivity index (χ2v) is 11.4. The third-order valence-electron chi connectivity index (χ3n) is 6.05. The Morgan fingerprint density at radius 3 is 2.00 bits per heavy atom. The molecule has 0 aromatic heterocycles. The van der Waals surface area contributed by atoms with Gasteiger partial charge in [-0.2, -0.15) is 12.6 Å². The molecule has 0 spiro atoms. The van der Waals surface area contributed by atoms with Crippen molar-refractivity contribution in [3.63, 3.8) is 0 Å². The molecule has 10 nitrogen and oxygen atoms in total. The molecule has 1 fully saturated rings. The smallest absolute Gasteiger partial charge is 0.327 e. The van der Waals surface area contributed by atoms with Gasteiger partial charge in [0.25, 0.3) is 5.91 Å². The van der Waals surface area contributed by atoms with Crippen LogP contribution in [0, 0.1) is 11.3 Å². The molecule has 1 aliphatic heterocycles. The van der Waals surface area contributed by atoms with Crippen LogP contribution in [0.15, 0.2) is 0 Å². The topological polar surface area (TPSA) is 128 Å². The lowest BCUT2D eigenvalue weighted by Gasteiger charge is -2.32. The zero-order chi connectivity index (χ0) is 26.6. The zero-order valence-corrected chi connectivity index (χ0v) is 22.7. The van der Waals surface area contributed by atoms with E-state index in [4.69, 9.17) is 0 Å². The van der Waals surface area contributed by atoms with E-state index in [1.807, 2.05) is 34.6 Å². The molecule has 194 valence electrons. The van der Waals surface area contributed by atoms with Gasteiger partial charge in [-0.25, -0.2) is 4.79 Å². The first-order valence-electron chi connectivity index (χ1n) is 11.5. The van der Waals surface area contributed by atoms with Crippen LogP contribution in [-0.4, -0.2) is 83.0 Å². The third kappa shape index (κ3) is 7.10. The van der Waals surface area contributed by atoms with Crippen LogP contribution in [0.3, 0.4) is 0 Å². The Morgan fingerprint density at radius 2 is 1.59 bits per heavy atom. The minimum absolute atomic E-state index is 0.0385. The molecule has 1 rings (SSSR count). The quantitative estimate of drug-likeness (QED) is 0.265. The number of nitrogens with one attached hydrogen (secondary N) is 3. The molecule has 34 heavy (non-hydrogen) atoms. The molecule has 1 unspecified atom stereocenters. The van der Waals surface area contributed by atoms with Gasteiger partial charge in [0.15, 0.2) is 0 Å². The van der Waals surface area contributed by atoms with Gasteiger partial charge in [-0.1, -0.05) is 34.6 Å². The summed E-state index contributed by atoms with van der Waals surface area (Å²) in [5, 5.41) is 7.21. The van der Waals surface area contributed by atoms with Crippen molar-refractivity contribution >= 4 is 42.3 Å². The van der Waals surface area contributed by atoms with E-state index in [9.17, 15) is 24.0 Å². The van der Waals surface area contributed by atoms with E-state index < -0.39 is 46.1 Å². The molecular formula is C23H41N5O5S. The van der Waals surface area contributed by atoms with Crippen molar-refractivity contribution in [1.29, 1.82) is 0 Å². The maximum atomic E-state index is 13.0. The number of carbonyl (C=O) groups excluding carboxylic acids is 5. The summed E-state index contributed by atoms with van der Waals surface area (Å²) < 4.78 is 0. The average Bonchev–Trinajstić information content (AvgIpc) is 2.87. The Morgan fingerprint density at radius 1 is 1.03 bits per heavy atom. The van der Waals surface area contributed by atoms with Gasteiger partial charge < -0.3 is 20.9 Å². The highest BCUT2D eigenvalue weighted by Crippen LogP contribution is 2.26. The number of urea groups is 1. The molecular weight excluding hydrogens is 458 g/mol. The van der Waals surface area contributed by atoms with Crippen LogP contribution in [0.4, 0.5) is 4.79 Å². The minimum atomic E-state index is -0.944. The third-order valence-corrected chi connectivity index (χ3v) is 6.55. The summed E-state index contributed by atoms with van der Waals surface area (Å²) in [5.41, 5.74) is -1.48. The van der Waals surface area contributed by atoms with E-state index in [0.29, 0.717) is 6.42 Å². The summed E-state index contributed by atoms with van der Waals surface area (Å²) in [6.45, 7) is 12.7. The lowest BCUT2D eigenvalue weighted by atomic mass is 9.85. The molecule has 1 saturated heterocycles. The predicted molar refractivity (Wildman–Crippen MR) is 133 cm³/mol. The van der Waals surface area contributed by atoms with Gasteiger partial charge in [0.2, 0.25) is 17.7 Å². The average molecular weight is 500 g/mol. The lowest BCUT2D eigenvalue weighted by molar-refractivity contribution is -0.134. The molecule has 3 atom stereocenters. The number of thiol groups is 1. The van der Waals surface area contributed by atoms with Crippen molar-refractivity contribution in [1.82, 2.24) is 25.8 Å². The zero-order valence-electron chi connectivity index (χ0n) is 21.8. The molecule has 6 amide bonds. The molecule has 0 aromatic rings. The highest BCUT2D eigenvalue weighted by atomic mass is 32.1. The summed E-state index contributed by atoms with van der Waals surface area (Å²) >= 11 is 4.35. The second-order valence-electron chi connectivity index (χ2n) is 10.8. The number of rotatable bonds is 10. The fourth-order valence-electron chi connectivity index (χ4n) is 3.59. The Bertz CT molecular complexity index is 808. The molecule has 1 heterocycles. The predicted octanol–water partition coefficient (Wildman–Crippen LogP) is 1.16. The Balaban J connectivity index is 2.86. The molecule has 11 heteroatoms. The summed E-state index contributed by atoms with van der Waals surface area (Å²) in [4.78, 5) is 65.6. The fourth-order valence-corrected chi connectivity index (χ4v) is 3.78. The maximum absolute atomic E-state index is 13.0. The Kier molecular flexibility index (Phi) is 9.98. The molecule has 3 N–H and O–H groups in total. The molecule has 0 aliphatic carbocycles. The van der Waals surface area contributed by atoms with Crippen molar-refractivity contribution in [3.05, 3.63) is 0 Å². The van der Waals surface area contributed by atoms with Gasteiger partial charge in [0.1, 0.15) is 17.6 Å². The van der Waals surface area contributed by atoms with E-state index in [-0.39, 0.29) is 30.7 Å². The number of hydrogen-bond acceptors (Lipinski definition) is 6. The standard InChI is InChI=1S/C23H41N5O5S/c1-13(2)12-14(17(29)26-16(19(31)24-8)22(3,4)5)25-18(30)15(34)10-11-28-20(32)23(6,7)27(9)21(28)33/h13-16,34H,10-12H2,1-9H3,(H,24,31)(H,25,30)(H,26,29)/t14-,15-,16?/m0/s1. The Labute approximate surface area is 208 Å². The van der Waals surface area contributed by atoms with Crippen LogP contribution in [0.5, 0.6) is 0 Å². The Hall–Kier alpha value is -2.30. The van der Waals surface area contributed by atoms with Crippen molar-refractivity contribution in [2.24, 2.45) is 11.3 Å². The van der Waals surface area contributed by atoms with Crippen LogP contribution in [0.2, 0.25) is 0 Å². The van der Waals surface area contributed by atoms with Crippen LogP contribution in [0.25, 0.3) is 0 Å². The maximum Gasteiger partial charge on any atom is 0.327 e. The number of likely N-dealkylation sites (N-methyl/N-ethyl adjacent to an activating group) is 2. The first-order valence-corrected chi connectivity index (χ1v) is 12.1. The number of hydrogen-bond donors (Lipinski definition) is 4. The molecule has 0 bridgehead atoms. The van der Waals surface area contributed by atoms with Gasteiger partial charge in [-0.15, -0.1) is 0 Å². The van der Waals surface area contributed by atoms with E-state index >= 15 is 0 Å². The first kappa shape index (κ1) is 29.7. The number of carbonyl (C=O) groups is 5. The van der Waals surface area contributed by atoms with Gasteiger partial charge in [0.05, 0.1) is 5.25 Å². The molecule has 0 saturated carbocycles.